The van der Waals surface area contributed by atoms with Crippen molar-refractivity contribution < 1.29 is 4.39 Å². The second-order valence-corrected chi connectivity index (χ2v) is 4.12. The van der Waals surface area contributed by atoms with Gasteiger partial charge in [-0.15, -0.1) is 12.4 Å². The van der Waals surface area contributed by atoms with E-state index in [-0.39, 0.29) is 18.2 Å². The van der Waals surface area contributed by atoms with Gasteiger partial charge in [0.1, 0.15) is 5.82 Å². The molecule has 1 N–H and O–H groups in total. The van der Waals surface area contributed by atoms with Crippen molar-refractivity contribution in [3.05, 3.63) is 35.6 Å². The first-order valence-electron chi connectivity index (χ1n) is 5.45. The third kappa shape index (κ3) is 3.17. The summed E-state index contributed by atoms with van der Waals surface area (Å²) in [5.74, 6) is -0.0942. The third-order valence-corrected chi connectivity index (χ3v) is 2.97. The Balaban J connectivity index is 0.00000128. The van der Waals surface area contributed by atoms with E-state index in [0.717, 1.165) is 31.7 Å². The first-order valence-corrected chi connectivity index (χ1v) is 5.45. The topological polar surface area (TPSA) is 15.3 Å². The zero-order valence-electron chi connectivity index (χ0n) is 9.45. The molecule has 1 heterocycles. The van der Waals surface area contributed by atoms with Crippen molar-refractivity contribution in [2.45, 2.75) is 19.5 Å². The van der Waals surface area contributed by atoms with Crippen LogP contribution in [0.5, 0.6) is 0 Å². The minimum absolute atomic E-state index is 0. The second-order valence-electron chi connectivity index (χ2n) is 4.12. The van der Waals surface area contributed by atoms with Crippen LogP contribution in [0, 0.1) is 5.82 Å². The summed E-state index contributed by atoms with van der Waals surface area (Å²) >= 11 is 0. The molecule has 0 bridgehead atoms. The molecule has 0 aromatic heterocycles. The first-order chi connectivity index (χ1) is 7.27. The molecule has 0 amide bonds. The van der Waals surface area contributed by atoms with E-state index in [1.54, 1.807) is 6.07 Å². The molecule has 2 nitrogen and oxygen atoms in total. The Morgan fingerprint density at radius 1 is 1.44 bits per heavy atom. The van der Waals surface area contributed by atoms with Crippen LogP contribution in [0.1, 0.15) is 12.5 Å². The molecule has 1 aromatic carbocycles. The molecule has 90 valence electrons. The Morgan fingerprint density at radius 3 is 2.88 bits per heavy atom. The molecule has 0 spiro atoms. The normalized spacial score (nSPS) is 21.5. The Hall–Kier alpha value is -0.640. The van der Waals surface area contributed by atoms with Gasteiger partial charge in [-0.1, -0.05) is 18.2 Å². The highest BCUT2D eigenvalue weighted by Gasteiger charge is 2.18. The average Bonchev–Trinajstić information content (AvgIpc) is 2.24. The predicted molar refractivity (Wildman–Crippen MR) is 66.4 cm³/mol. The van der Waals surface area contributed by atoms with Crippen molar-refractivity contribution in [3.8, 4) is 0 Å². The van der Waals surface area contributed by atoms with E-state index < -0.39 is 0 Å². The molecule has 2 rings (SSSR count). The summed E-state index contributed by atoms with van der Waals surface area (Å²) in [5.41, 5.74) is 0.797. The van der Waals surface area contributed by atoms with Gasteiger partial charge in [-0.05, 0) is 13.0 Å². The summed E-state index contributed by atoms with van der Waals surface area (Å²) in [6.45, 7) is 5.88. The summed E-state index contributed by atoms with van der Waals surface area (Å²) < 4.78 is 13.4. The minimum Gasteiger partial charge on any atom is -0.314 e. The second kappa shape index (κ2) is 6.18. The van der Waals surface area contributed by atoms with Crippen LogP contribution in [0.25, 0.3) is 0 Å². The number of halogens is 2. The van der Waals surface area contributed by atoms with Crippen molar-refractivity contribution in [2.75, 3.05) is 19.6 Å². The Labute approximate surface area is 102 Å². The number of piperazine rings is 1. The van der Waals surface area contributed by atoms with Gasteiger partial charge in [0, 0.05) is 37.8 Å². The summed E-state index contributed by atoms with van der Waals surface area (Å²) in [5, 5.41) is 3.33. The molecule has 0 aliphatic carbocycles. The van der Waals surface area contributed by atoms with E-state index in [1.165, 1.54) is 6.07 Å². The SMILES string of the molecule is C[C@@H]1CNCCN1Cc1ccccc1F.Cl. The molecule has 1 aliphatic heterocycles. The highest BCUT2D eigenvalue weighted by atomic mass is 35.5. The van der Waals surface area contributed by atoms with E-state index >= 15 is 0 Å². The van der Waals surface area contributed by atoms with Gasteiger partial charge >= 0.3 is 0 Å². The molecule has 0 saturated carbocycles. The van der Waals surface area contributed by atoms with Gasteiger partial charge in [-0.25, -0.2) is 4.39 Å². The first kappa shape index (κ1) is 13.4. The van der Waals surface area contributed by atoms with E-state index in [4.69, 9.17) is 0 Å². The predicted octanol–water partition coefficient (Wildman–Crippen LogP) is 2.04. The van der Waals surface area contributed by atoms with Crippen LogP contribution in [0.4, 0.5) is 4.39 Å². The molecule has 0 unspecified atom stereocenters. The number of nitrogens with one attached hydrogen (secondary N) is 1. The average molecular weight is 245 g/mol. The quantitative estimate of drug-likeness (QED) is 0.857. The van der Waals surface area contributed by atoms with Crippen LogP contribution in [-0.4, -0.2) is 30.6 Å². The van der Waals surface area contributed by atoms with Crippen molar-refractivity contribution >= 4 is 12.4 Å². The van der Waals surface area contributed by atoms with Crippen LogP contribution in [0.15, 0.2) is 24.3 Å². The molecule has 0 radical (unpaired) electrons. The minimum atomic E-state index is -0.0942. The van der Waals surface area contributed by atoms with Crippen molar-refractivity contribution in [1.82, 2.24) is 10.2 Å². The summed E-state index contributed by atoms with van der Waals surface area (Å²) in [6.07, 6.45) is 0. The molecule has 1 fully saturated rings. The number of benzene rings is 1. The van der Waals surface area contributed by atoms with Crippen molar-refractivity contribution in [1.29, 1.82) is 0 Å². The fourth-order valence-corrected chi connectivity index (χ4v) is 1.96. The molecular formula is C12H18ClFN2. The molecule has 1 aliphatic rings. The smallest absolute Gasteiger partial charge is 0.127 e. The zero-order valence-corrected chi connectivity index (χ0v) is 10.3. The molecular weight excluding hydrogens is 227 g/mol. The van der Waals surface area contributed by atoms with Crippen molar-refractivity contribution in [3.63, 3.8) is 0 Å². The van der Waals surface area contributed by atoms with Crippen LogP contribution in [0.3, 0.4) is 0 Å². The summed E-state index contributed by atoms with van der Waals surface area (Å²) in [6, 6.07) is 7.51. The third-order valence-electron chi connectivity index (χ3n) is 2.97. The number of hydrogen-bond acceptors (Lipinski definition) is 2. The lowest BCUT2D eigenvalue weighted by atomic mass is 10.1. The van der Waals surface area contributed by atoms with Gasteiger partial charge < -0.3 is 5.32 Å². The van der Waals surface area contributed by atoms with E-state index in [9.17, 15) is 4.39 Å². The monoisotopic (exact) mass is 244 g/mol. The Bertz CT molecular complexity index is 333. The van der Waals surface area contributed by atoms with Gasteiger partial charge in [0.25, 0.3) is 0 Å². The van der Waals surface area contributed by atoms with Crippen molar-refractivity contribution in [2.24, 2.45) is 0 Å². The lowest BCUT2D eigenvalue weighted by Gasteiger charge is -2.33. The van der Waals surface area contributed by atoms with E-state index in [0.29, 0.717) is 6.04 Å². The zero-order chi connectivity index (χ0) is 10.7. The van der Waals surface area contributed by atoms with Crippen LogP contribution < -0.4 is 5.32 Å². The Kier molecular flexibility index (Phi) is 5.19. The number of nitrogens with zero attached hydrogens (tertiary/aromatic N) is 1. The van der Waals surface area contributed by atoms with E-state index in [2.05, 4.69) is 17.1 Å². The fraction of sp³-hybridized carbons (Fsp3) is 0.500. The molecule has 1 saturated heterocycles. The molecule has 1 aromatic rings. The lowest BCUT2D eigenvalue weighted by molar-refractivity contribution is 0.164. The number of rotatable bonds is 2. The molecule has 1 atom stereocenters. The highest BCUT2D eigenvalue weighted by molar-refractivity contribution is 5.85. The van der Waals surface area contributed by atoms with Crippen LogP contribution in [-0.2, 0) is 6.54 Å². The maximum Gasteiger partial charge on any atom is 0.127 e. The number of hydrogen-bond donors (Lipinski definition) is 1. The molecule has 16 heavy (non-hydrogen) atoms. The summed E-state index contributed by atoms with van der Waals surface area (Å²) in [7, 11) is 0. The van der Waals surface area contributed by atoms with Gasteiger partial charge in [0.2, 0.25) is 0 Å². The van der Waals surface area contributed by atoms with Gasteiger partial charge in [0.15, 0.2) is 0 Å². The van der Waals surface area contributed by atoms with Gasteiger partial charge in [0.05, 0.1) is 0 Å². The lowest BCUT2D eigenvalue weighted by Crippen LogP contribution is -2.49. The largest absolute Gasteiger partial charge is 0.314 e. The fourth-order valence-electron chi connectivity index (χ4n) is 1.96. The standard InChI is InChI=1S/C12H17FN2.ClH/c1-10-8-14-6-7-15(10)9-11-4-2-3-5-12(11)13;/h2-5,10,14H,6-9H2,1H3;1H/t10-;/m1./s1. The maximum absolute atomic E-state index is 13.4. The Morgan fingerprint density at radius 2 is 2.19 bits per heavy atom. The van der Waals surface area contributed by atoms with Gasteiger partial charge in [-0.2, -0.15) is 0 Å². The van der Waals surface area contributed by atoms with Crippen LogP contribution >= 0.6 is 12.4 Å². The molecule has 4 heteroatoms. The highest BCUT2D eigenvalue weighted by Crippen LogP contribution is 2.12. The van der Waals surface area contributed by atoms with E-state index in [1.807, 2.05) is 12.1 Å². The van der Waals surface area contributed by atoms with Crippen LogP contribution in [0.2, 0.25) is 0 Å². The summed E-state index contributed by atoms with van der Waals surface area (Å²) in [4.78, 5) is 2.31. The maximum atomic E-state index is 13.4. The van der Waals surface area contributed by atoms with Gasteiger partial charge in [-0.3, -0.25) is 4.90 Å².